The summed E-state index contributed by atoms with van der Waals surface area (Å²) >= 11 is 0. The summed E-state index contributed by atoms with van der Waals surface area (Å²) in [7, 11) is 0. The number of carbonyl (C=O) groups is 1. The maximum atomic E-state index is 12.7. The molecule has 2 fully saturated rings. The zero-order valence-electron chi connectivity index (χ0n) is 15.6. The molecular weight excluding hydrogens is 310 g/mol. The van der Waals surface area contributed by atoms with E-state index in [1.54, 1.807) is 0 Å². The number of hydrogen-bond donors (Lipinski definition) is 2. The Kier molecular flexibility index (Phi) is 4.37. The van der Waals surface area contributed by atoms with Gasteiger partial charge in [0.2, 0.25) is 5.91 Å². The lowest BCUT2D eigenvalue weighted by molar-refractivity contribution is -0.123. The van der Waals surface area contributed by atoms with Gasteiger partial charge in [-0.3, -0.25) is 9.69 Å². The van der Waals surface area contributed by atoms with Crippen LogP contribution in [0.3, 0.4) is 0 Å². The molecule has 1 atom stereocenters. The Labute approximate surface area is 151 Å². The van der Waals surface area contributed by atoms with Crippen LogP contribution in [0.5, 0.6) is 0 Å². The van der Waals surface area contributed by atoms with Crippen LogP contribution in [0.2, 0.25) is 0 Å². The fourth-order valence-electron chi connectivity index (χ4n) is 4.75. The molecule has 4 rings (SSSR count). The van der Waals surface area contributed by atoms with Gasteiger partial charge in [-0.2, -0.15) is 0 Å². The van der Waals surface area contributed by atoms with Crippen molar-refractivity contribution in [1.29, 1.82) is 0 Å². The summed E-state index contributed by atoms with van der Waals surface area (Å²) in [4.78, 5) is 15.2. The Bertz CT molecular complexity index is 648. The number of nitrogens with one attached hydrogen (secondary N) is 2. The average Bonchev–Trinajstić information content (AvgIpc) is 3.33. The van der Waals surface area contributed by atoms with Crippen LogP contribution in [0.25, 0.3) is 0 Å². The first-order valence-corrected chi connectivity index (χ1v) is 9.81. The van der Waals surface area contributed by atoms with E-state index >= 15 is 0 Å². The van der Waals surface area contributed by atoms with Crippen LogP contribution in [0.4, 0.5) is 0 Å². The van der Waals surface area contributed by atoms with Gasteiger partial charge in [-0.15, -0.1) is 0 Å². The second-order valence-electron chi connectivity index (χ2n) is 8.84. The van der Waals surface area contributed by atoms with Crippen molar-refractivity contribution >= 4 is 5.91 Å². The summed E-state index contributed by atoms with van der Waals surface area (Å²) in [6, 6.07) is 8.74. The number of rotatable bonds is 4. The van der Waals surface area contributed by atoms with Crippen LogP contribution in [0.1, 0.15) is 44.2 Å². The molecule has 1 saturated heterocycles. The van der Waals surface area contributed by atoms with Crippen LogP contribution in [0, 0.1) is 11.3 Å². The van der Waals surface area contributed by atoms with E-state index in [2.05, 4.69) is 53.6 Å². The number of nitrogens with zero attached hydrogens (tertiary/aromatic N) is 1. The van der Waals surface area contributed by atoms with E-state index in [1.165, 1.54) is 11.1 Å². The molecule has 1 aliphatic carbocycles. The van der Waals surface area contributed by atoms with Crippen molar-refractivity contribution in [3.05, 3.63) is 35.4 Å². The molecule has 2 N–H and O–H groups in total. The number of piperidine rings is 1. The van der Waals surface area contributed by atoms with Crippen LogP contribution >= 0.6 is 0 Å². The highest BCUT2D eigenvalue weighted by Gasteiger charge is 2.57. The van der Waals surface area contributed by atoms with Crippen molar-refractivity contribution in [3.8, 4) is 0 Å². The smallest absolute Gasteiger partial charge is 0.223 e. The van der Waals surface area contributed by atoms with Crippen LogP contribution in [-0.4, -0.2) is 42.5 Å². The lowest BCUT2D eigenvalue weighted by Gasteiger charge is -2.41. The number of benzene rings is 1. The summed E-state index contributed by atoms with van der Waals surface area (Å²) in [5.41, 5.74) is 3.22. The first kappa shape index (κ1) is 17.0. The van der Waals surface area contributed by atoms with Gasteiger partial charge in [-0.1, -0.05) is 24.3 Å². The molecule has 3 aliphatic rings. The number of amides is 1. The molecule has 0 bridgehead atoms. The van der Waals surface area contributed by atoms with Gasteiger partial charge in [0.25, 0.3) is 0 Å². The van der Waals surface area contributed by atoms with Crippen molar-refractivity contribution in [2.24, 2.45) is 11.3 Å². The summed E-state index contributed by atoms with van der Waals surface area (Å²) in [5.74, 6) is 0.542. The van der Waals surface area contributed by atoms with Gasteiger partial charge in [0.15, 0.2) is 0 Å². The van der Waals surface area contributed by atoms with Gasteiger partial charge in [-0.05, 0) is 69.2 Å². The molecule has 4 heteroatoms. The maximum Gasteiger partial charge on any atom is 0.223 e. The first-order valence-electron chi connectivity index (χ1n) is 9.81. The lowest BCUT2D eigenvalue weighted by atomic mass is 9.91. The van der Waals surface area contributed by atoms with Crippen molar-refractivity contribution in [1.82, 2.24) is 15.5 Å². The highest BCUT2D eigenvalue weighted by molar-refractivity contribution is 5.82. The number of hydrogen-bond acceptors (Lipinski definition) is 3. The van der Waals surface area contributed by atoms with E-state index in [4.69, 9.17) is 0 Å². The van der Waals surface area contributed by atoms with Crippen LogP contribution < -0.4 is 10.6 Å². The Morgan fingerprint density at radius 1 is 1.28 bits per heavy atom. The van der Waals surface area contributed by atoms with Gasteiger partial charge < -0.3 is 10.6 Å². The van der Waals surface area contributed by atoms with Gasteiger partial charge in [-0.25, -0.2) is 0 Å². The zero-order valence-corrected chi connectivity index (χ0v) is 15.6. The third-order valence-corrected chi connectivity index (χ3v) is 6.79. The van der Waals surface area contributed by atoms with Crippen LogP contribution in [0.15, 0.2) is 24.3 Å². The largest absolute Gasteiger partial charge is 0.354 e. The summed E-state index contributed by atoms with van der Waals surface area (Å²) in [6.07, 6.45) is 4.53. The molecule has 0 aromatic heterocycles. The molecule has 1 spiro atoms. The second kappa shape index (κ2) is 6.40. The summed E-state index contributed by atoms with van der Waals surface area (Å²) in [5, 5.41) is 6.69. The molecule has 25 heavy (non-hydrogen) atoms. The lowest BCUT2D eigenvalue weighted by Crippen LogP contribution is -2.53. The van der Waals surface area contributed by atoms with Gasteiger partial charge in [0, 0.05) is 31.1 Å². The molecule has 1 unspecified atom stereocenters. The van der Waals surface area contributed by atoms with Crippen molar-refractivity contribution in [2.45, 2.75) is 51.6 Å². The molecule has 2 aliphatic heterocycles. The highest BCUT2D eigenvalue weighted by Crippen LogP contribution is 2.58. The number of carbonyl (C=O) groups excluding carboxylic acids is 1. The summed E-state index contributed by atoms with van der Waals surface area (Å²) in [6.45, 7) is 9.45. The van der Waals surface area contributed by atoms with Crippen molar-refractivity contribution < 1.29 is 4.79 Å². The minimum absolute atomic E-state index is 0.0145. The SMILES string of the molecule is CC(C)(CNC(=O)C1CC12CCNCC2)N1CCc2ccccc2C1. The van der Waals surface area contributed by atoms with E-state index < -0.39 is 0 Å². The molecule has 0 radical (unpaired) electrons. The minimum Gasteiger partial charge on any atom is -0.354 e. The molecule has 1 amide bonds. The number of fused-ring (bicyclic) bond motifs is 1. The van der Waals surface area contributed by atoms with E-state index in [-0.39, 0.29) is 17.4 Å². The fourth-order valence-corrected chi connectivity index (χ4v) is 4.75. The Hall–Kier alpha value is -1.39. The van der Waals surface area contributed by atoms with Crippen molar-refractivity contribution in [2.75, 3.05) is 26.2 Å². The Morgan fingerprint density at radius 3 is 2.76 bits per heavy atom. The average molecular weight is 341 g/mol. The Morgan fingerprint density at radius 2 is 2.00 bits per heavy atom. The topological polar surface area (TPSA) is 44.4 Å². The molecule has 4 nitrogen and oxygen atoms in total. The zero-order chi connectivity index (χ0) is 17.5. The fraction of sp³-hybridized carbons (Fsp3) is 0.667. The van der Waals surface area contributed by atoms with Gasteiger partial charge in [0.05, 0.1) is 0 Å². The highest BCUT2D eigenvalue weighted by atomic mass is 16.2. The summed E-state index contributed by atoms with van der Waals surface area (Å²) < 4.78 is 0. The van der Waals surface area contributed by atoms with E-state index in [1.807, 2.05) is 0 Å². The van der Waals surface area contributed by atoms with E-state index in [0.717, 1.165) is 58.4 Å². The van der Waals surface area contributed by atoms with E-state index in [9.17, 15) is 4.79 Å². The van der Waals surface area contributed by atoms with E-state index in [0.29, 0.717) is 5.41 Å². The molecule has 136 valence electrons. The monoisotopic (exact) mass is 341 g/mol. The standard InChI is InChI=1S/C21H31N3O/c1-20(2,24-12-7-16-5-3-4-6-17(16)14-24)15-23-19(25)18-13-21(18)8-10-22-11-9-21/h3-6,18,22H,7-15H2,1-2H3,(H,23,25). The Balaban J connectivity index is 1.32. The third-order valence-electron chi connectivity index (χ3n) is 6.79. The second-order valence-corrected chi connectivity index (χ2v) is 8.84. The molecule has 2 heterocycles. The maximum absolute atomic E-state index is 12.7. The molecular formula is C21H31N3O. The molecule has 1 aromatic carbocycles. The van der Waals surface area contributed by atoms with Crippen LogP contribution in [-0.2, 0) is 17.8 Å². The van der Waals surface area contributed by atoms with Gasteiger partial charge in [0.1, 0.15) is 0 Å². The van der Waals surface area contributed by atoms with Gasteiger partial charge >= 0.3 is 0 Å². The predicted molar refractivity (Wildman–Crippen MR) is 100 cm³/mol. The molecule has 1 saturated carbocycles. The third kappa shape index (κ3) is 3.34. The molecule has 1 aromatic rings. The van der Waals surface area contributed by atoms with Crippen molar-refractivity contribution in [3.63, 3.8) is 0 Å². The minimum atomic E-state index is -0.0145. The predicted octanol–water partition coefficient (Wildman–Crippen LogP) is 2.33. The quantitative estimate of drug-likeness (QED) is 0.883. The normalized spacial score (nSPS) is 25.4. The first-order chi connectivity index (χ1) is 12.0.